The van der Waals surface area contributed by atoms with Crippen molar-refractivity contribution in [1.29, 1.82) is 0 Å². The van der Waals surface area contributed by atoms with Gasteiger partial charge in [-0.1, -0.05) is 66.7 Å². The molecule has 10 nitrogen and oxygen atoms in total. The van der Waals surface area contributed by atoms with E-state index in [1.165, 1.54) is 23.1 Å². The number of hydrogen-bond acceptors (Lipinski definition) is 9. The number of benzene rings is 4. The average Bonchev–Trinajstić information content (AvgIpc) is 3.57. The van der Waals surface area contributed by atoms with E-state index in [0.29, 0.717) is 38.3 Å². The second kappa shape index (κ2) is 17.6. The molecule has 0 bridgehead atoms. The third kappa shape index (κ3) is 10.1. The van der Waals surface area contributed by atoms with Gasteiger partial charge in [0.2, 0.25) is 5.91 Å². The fraction of sp³-hybridized carbons (Fsp3) is 0.132. The van der Waals surface area contributed by atoms with E-state index in [9.17, 15) is 19.2 Å². The van der Waals surface area contributed by atoms with Crippen LogP contribution >= 0.6 is 23.1 Å². The number of nitrogens with one attached hydrogen (secondary N) is 3. The largest absolute Gasteiger partial charge is 0.497 e. The molecule has 5 rings (SSSR count). The van der Waals surface area contributed by atoms with Crippen molar-refractivity contribution in [2.45, 2.75) is 23.5 Å². The van der Waals surface area contributed by atoms with Crippen LogP contribution in [0.25, 0.3) is 6.08 Å². The van der Waals surface area contributed by atoms with Gasteiger partial charge in [-0.25, -0.2) is 4.98 Å². The smallest absolute Gasteiger partial charge is 0.311 e. The topological polar surface area (TPSA) is 136 Å². The molecule has 1 heterocycles. The Morgan fingerprint density at radius 3 is 2.36 bits per heavy atom. The summed E-state index contributed by atoms with van der Waals surface area (Å²) in [4.78, 5) is 57.4. The van der Waals surface area contributed by atoms with Gasteiger partial charge in [0.1, 0.15) is 16.7 Å². The van der Waals surface area contributed by atoms with E-state index < -0.39 is 17.1 Å². The van der Waals surface area contributed by atoms with E-state index in [1.807, 2.05) is 36.4 Å². The molecule has 0 aliphatic carbocycles. The van der Waals surface area contributed by atoms with Crippen LogP contribution in [0.15, 0.2) is 125 Å². The summed E-state index contributed by atoms with van der Waals surface area (Å²) in [7, 11) is 1.55. The summed E-state index contributed by atoms with van der Waals surface area (Å²) in [5, 5.41) is 9.91. The minimum atomic E-state index is -0.673. The van der Waals surface area contributed by atoms with Crippen molar-refractivity contribution in [3.63, 3.8) is 0 Å². The molecule has 0 saturated heterocycles. The van der Waals surface area contributed by atoms with Crippen LogP contribution in [0.5, 0.6) is 5.75 Å². The summed E-state index contributed by atoms with van der Waals surface area (Å²) >= 11 is 2.52. The van der Waals surface area contributed by atoms with Crippen LogP contribution in [0.1, 0.15) is 39.4 Å². The molecule has 0 aliphatic heterocycles. The molecule has 0 saturated carbocycles. The number of thiazole rings is 1. The zero-order valence-electron chi connectivity index (χ0n) is 27.3. The number of nitrogens with zero attached hydrogens (tertiary/aromatic N) is 1. The highest BCUT2D eigenvalue weighted by Crippen LogP contribution is 2.37. The van der Waals surface area contributed by atoms with Crippen molar-refractivity contribution < 1.29 is 28.7 Å². The van der Waals surface area contributed by atoms with Gasteiger partial charge in [0.05, 0.1) is 25.8 Å². The molecule has 1 unspecified atom stereocenters. The first-order chi connectivity index (χ1) is 24.3. The Bertz CT molecular complexity index is 1980. The number of rotatable bonds is 14. The van der Waals surface area contributed by atoms with Gasteiger partial charge in [0, 0.05) is 21.5 Å². The number of carbonyl (C=O) groups is 4. The Balaban J connectivity index is 1.35. The maximum atomic E-state index is 13.7. The summed E-state index contributed by atoms with van der Waals surface area (Å²) in [6.07, 6.45) is 1.59. The highest BCUT2D eigenvalue weighted by molar-refractivity contribution is 8.00. The first-order valence-electron chi connectivity index (χ1n) is 15.6. The highest BCUT2D eigenvalue weighted by atomic mass is 32.2. The van der Waals surface area contributed by atoms with Crippen LogP contribution in [-0.2, 0) is 25.5 Å². The van der Waals surface area contributed by atoms with Crippen molar-refractivity contribution in [3.8, 4) is 5.75 Å². The van der Waals surface area contributed by atoms with Gasteiger partial charge in [0.25, 0.3) is 11.8 Å². The van der Waals surface area contributed by atoms with E-state index in [1.54, 1.807) is 98.3 Å². The van der Waals surface area contributed by atoms with E-state index in [-0.39, 0.29) is 30.6 Å². The van der Waals surface area contributed by atoms with Gasteiger partial charge in [-0.3, -0.25) is 19.2 Å². The molecule has 1 atom stereocenters. The Labute approximate surface area is 297 Å². The second-order valence-corrected chi connectivity index (χ2v) is 12.7. The maximum absolute atomic E-state index is 13.7. The number of anilines is 2. The number of methoxy groups -OCH3 is 1. The predicted molar refractivity (Wildman–Crippen MR) is 196 cm³/mol. The van der Waals surface area contributed by atoms with Gasteiger partial charge in [-0.15, -0.1) is 23.1 Å². The molecule has 4 aromatic carbocycles. The SMILES string of the molecule is CCOC(=O)Cc1csc(NC(=O)C(Sc2cccc(NC(=O)/C(=C/c3cccc(OC)c3)NC(=O)c3ccccc3)c2)c2ccccc2)n1. The molecule has 3 amide bonds. The van der Waals surface area contributed by atoms with E-state index in [2.05, 4.69) is 20.9 Å². The average molecular weight is 707 g/mol. The van der Waals surface area contributed by atoms with Crippen molar-refractivity contribution in [2.75, 3.05) is 24.4 Å². The van der Waals surface area contributed by atoms with Gasteiger partial charge in [0.15, 0.2) is 5.13 Å². The lowest BCUT2D eigenvalue weighted by Crippen LogP contribution is -2.30. The minimum Gasteiger partial charge on any atom is -0.497 e. The normalized spacial score (nSPS) is 11.6. The molecule has 12 heteroatoms. The molecule has 0 fully saturated rings. The number of aromatic nitrogens is 1. The lowest BCUT2D eigenvalue weighted by atomic mass is 10.1. The van der Waals surface area contributed by atoms with Crippen LogP contribution < -0.4 is 20.7 Å². The molecule has 50 heavy (non-hydrogen) atoms. The Hall–Kier alpha value is -5.72. The zero-order chi connectivity index (χ0) is 35.3. The first kappa shape index (κ1) is 35.6. The minimum absolute atomic E-state index is 0.0158. The van der Waals surface area contributed by atoms with Gasteiger partial charge < -0.3 is 25.4 Å². The first-order valence-corrected chi connectivity index (χ1v) is 17.3. The molecule has 254 valence electrons. The van der Waals surface area contributed by atoms with Gasteiger partial charge in [-0.2, -0.15) is 0 Å². The standard InChI is InChI=1S/C38H34N4O6S2/c1-3-48-33(43)23-29-24-49-38(40-29)42-37(46)34(26-13-6-4-7-14-26)50-31-19-11-17-28(22-31)39-36(45)32(21-25-12-10-18-30(20-25)47-2)41-35(44)27-15-8-5-9-16-27/h4-22,24,34H,3,23H2,1-2H3,(H,39,45)(H,41,44)(H,40,42,46)/b32-21-. The Kier molecular flexibility index (Phi) is 12.5. The number of esters is 1. The van der Waals surface area contributed by atoms with Crippen LogP contribution in [0.3, 0.4) is 0 Å². The lowest BCUT2D eigenvalue weighted by molar-refractivity contribution is -0.142. The number of amides is 3. The molecular weight excluding hydrogens is 673 g/mol. The van der Waals surface area contributed by atoms with Crippen LogP contribution in [0.4, 0.5) is 10.8 Å². The zero-order valence-corrected chi connectivity index (χ0v) is 28.9. The van der Waals surface area contributed by atoms with Crippen molar-refractivity contribution in [2.24, 2.45) is 0 Å². The number of ether oxygens (including phenoxy) is 2. The fourth-order valence-electron chi connectivity index (χ4n) is 4.70. The summed E-state index contributed by atoms with van der Waals surface area (Å²) < 4.78 is 10.3. The van der Waals surface area contributed by atoms with E-state index >= 15 is 0 Å². The molecule has 1 aromatic heterocycles. The third-order valence-corrected chi connectivity index (χ3v) is 9.09. The van der Waals surface area contributed by atoms with E-state index in [0.717, 1.165) is 5.56 Å². The fourth-order valence-corrected chi connectivity index (χ4v) is 6.50. The second-order valence-electron chi connectivity index (χ2n) is 10.7. The van der Waals surface area contributed by atoms with Crippen LogP contribution in [0, 0.1) is 0 Å². The quantitative estimate of drug-likeness (QED) is 0.0630. The number of thioether (sulfide) groups is 1. The summed E-state index contributed by atoms with van der Waals surface area (Å²) in [6.45, 7) is 2.01. The third-order valence-electron chi connectivity index (χ3n) is 7.03. The lowest BCUT2D eigenvalue weighted by Gasteiger charge is -2.17. The monoisotopic (exact) mass is 706 g/mol. The maximum Gasteiger partial charge on any atom is 0.311 e. The van der Waals surface area contributed by atoms with Crippen molar-refractivity contribution in [1.82, 2.24) is 10.3 Å². The Morgan fingerprint density at radius 1 is 0.880 bits per heavy atom. The van der Waals surface area contributed by atoms with Crippen molar-refractivity contribution >= 4 is 63.7 Å². The molecule has 0 aliphatic rings. The molecule has 0 spiro atoms. The summed E-state index contributed by atoms with van der Waals surface area (Å²) in [5.41, 5.74) is 2.81. The number of hydrogen-bond donors (Lipinski definition) is 3. The predicted octanol–water partition coefficient (Wildman–Crippen LogP) is 7.14. The molecule has 0 radical (unpaired) electrons. The van der Waals surface area contributed by atoms with Crippen LogP contribution in [0.2, 0.25) is 0 Å². The van der Waals surface area contributed by atoms with Gasteiger partial charge in [-0.05, 0) is 66.6 Å². The van der Waals surface area contributed by atoms with Gasteiger partial charge >= 0.3 is 5.97 Å². The van der Waals surface area contributed by atoms with E-state index in [4.69, 9.17) is 9.47 Å². The summed E-state index contributed by atoms with van der Waals surface area (Å²) in [5.74, 6) is -1.08. The Morgan fingerprint density at radius 2 is 1.62 bits per heavy atom. The highest BCUT2D eigenvalue weighted by Gasteiger charge is 2.24. The number of carbonyl (C=O) groups excluding carboxylic acids is 4. The van der Waals surface area contributed by atoms with Crippen molar-refractivity contribution in [3.05, 3.63) is 143 Å². The molecule has 5 aromatic rings. The molecular formula is C38H34N4O6S2. The summed E-state index contributed by atoms with van der Waals surface area (Å²) in [6, 6.07) is 32.1. The molecule has 3 N–H and O–H groups in total. The van der Waals surface area contributed by atoms with Crippen LogP contribution in [-0.4, -0.2) is 42.4 Å².